The van der Waals surface area contributed by atoms with Crippen LogP contribution < -0.4 is 4.72 Å². The predicted octanol–water partition coefficient (Wildman–Crippen LogP) is 0.749. The topological polar surface area (TPSA) is 87.5 Å². The van der Waals surface area contributed by atoms with E-state index in [1.165, 1.54) is 14.1 Å². The van der Waals surface area contributed by atoms with E-state index in [2.05, 4.69) is 9.71 Å². The van der Waals surface area contributed by atoms with Crippen LogP contribution in [-0.2, 0) is 21.5 Å². The van der Waals surface area contributed by atoms with Crippen LogP contribution in [0.15, 0.2) is 12.4 Å². The molecule has 1 saturated heterocycles. The van der Waals surface area contributed by atoms with Crippen LogP contribution in [0.25, 0.3) is 0 Å². The molecule has 0 unspecified atom stereocenters. The summed E-state index contributed by atoms with van der Waals surface area (Å²) >= 11 is 0. The molecule has 1 atom stereocenters. The number of piperidine rings is 1. The van der Waals surface area contributed by atoms with Crippen molar-refractivity contribution >= 4 is 16.1 Å². The van der Waals surface area contributed by atoms with Crippen LogP contribution in [0, 0.1) is 6.92 Å². The van der Waals surface area contributed by atoms with Crippen molar-refractivity contribution in [1.29, 1.82) is 0 Å². The van der Waals surface area contributed by atoms with Gasteiger partial charge in [-0.3, -0.25) is 4.79 Å². The lowest BCUT2D eigenvalue weighted by atomic mass is 9.99. The van der Waals surface area contributed by atoms with Gasteiger partial charge in [0, 0.05) is 58.6 Å². The van der Waals surface area contributed by atoms with E-state index >= 15 is 0 Å². The van der Waals surface area contributed by atoms with E-state index in [-0.39, 0.29) is 11.9 Å². The number of carbonyl (C=O) groups is 1. The van der Waals surface area contributed by atoms with Crippen LogP contribution in [0.5, 0.6) is 0 Å². The highest BCUT2D eigenvalue weighted by Crippen LogP contribution is 2.20. The second-order valence-electron chi connectivity index (χ2n) is 6.63. The van der Waals surface area contributed by atoms with Gasteiger partial charge in [0.1, 0.15) is 5.82 Å². The third-order valence-corrected chi connectivity index (χ3v) is 6.21. The third-order valence-electron chi connectivity index (χ3n) is 4.68. The molecule has 0 aromatic carbocycles. The first-order valence-electron chi connectivity index (χ1n) is 8.75. The first-order valence-corrected chi connectivity index (χ1v) is 10.2. The smallest absolute Gasteiger partial charge is 0.278 e. The number of nitrogens with one attached hydrogen (secondary N) is 1. The average molecular weight is 372 g/mol. The van der Waals surface area contributed by atoms with Crippen molar-refractivity contribution < 1.29 is 13.2 Å². The molecule has 1 fully saturated rings. The number of nitrogens with zero attached hydrogens (tertiary/aromatic N) is 4. The maximum atomic E-state index is 12.6. The van der Waals surface area contributed by atoms with Crippen LogP contribution in [0.3, 0.4) is 0 Å². The van der Waals surface area contributed by atoms with Gasteiger partial charge in [-0.15, -0.1) is 0 Å². The zero-order valence-corrected chi connectivity index (χ0v) is 16.1. The van der Waals surface area contributed by atoms with Gasteiger partial charge in [-0.25, -0.2) is 9.71 Å². The van der Waals surface area contributed by atoms with Crippen LogP contribution in [0.2, 0.25) is 0 Å². The highest BCUT2D eigenvalue weighted by molar-refractivity contribution is 7.87. The number of rotatable bonds is 8. The molecule has 0 radical (unpaired) electrons. The van der Waals surface area contributed by atoms with Crippen molar-refractivity contribution in [2.75, 3.05) is 27.2 Å². The van der Waals surface area contributed by atoms with Crippen molar-refractivity contribution in [1.82, 2.24) is 23.5 Å². The lowest BCUT2D eigenvalue weighted by Gasteiger charge is -2.36. The Bertz CT molecular complexity index is 671. The molecule has 2 heterocycles. The molecule has 0 aliphatic carbocycles. The fourth-order valence-corrected chi connectivity index (χ4v) is 3.75. The highest BCUT2D eigenvalue weighted by atomic mass is 32.2. The monoisotopic (exact) mass is 371 g/mol. The third kappa shape index (κ3) is 5.52. The Morgan fingerprint density at radius 3 is 2.80 bits per heavy atom. The molecule has 0 spiro atoms. The number of hydrogen-bond donors (Lipinski definition) is 1. The van der Waals surface area contributed by atoms with Gasteiger partial charge in [-0.05, 0) is 32.6 Å². The summed E-state index contributed by atoms with van der Waals surface area (Å²) in [5.74, 6) is 1.04. The number of imidazole rings is 1. The largest absolute Gasteiger partial charge is 0.340 e. The summed E-state index contributed by atoms with van der Waals surface area (Å²) in [6.45, 7) is 3.65. The number of amides is 1. The fraction of sp³-hybridized carbons (Fsp3) is 0.750. The zero-order valence-electron chi connectivity index (χ0n) is 15.3. The van der Waals surface area contributed by atoms with Crippen molar-refractivity contribution in [3.8, 4) is 0 Å². The molecule has 1 aliphatic heterocycles. The number of aromatic nitrogens is 2. The van der Waals surface area contributed by atoms with E-state index in [1.54, 1.807) is 6.20 Å². The lowest BCUT2D eigenvalue weighted by Crippen LogP contribution is -2.46. The summed E-state index contributed by atoms with van der Waals surface area (Å²) in [6, 6.07) is 0.106. The van der Waals surface area contributed by atoms with Crippen molar-refractivity contribution in [3.05, 3.63) is 18.2 Å². The van der Waals surface area contributed by atoms with Gasteiger partial charge >= 0.3 is 0 Å². The Morgan fingerprint density at radius 1 is 1.40 bits per heavy atom. The minimum Gasteiger partial charge on any atom is -0.340 e. The SMILES string of the molecule is Cc1nccn1CCC(=O)N1CCCC[C@H]1CCNS(=O)(=O)N(C)C. The summed E-state index contributed by atoms with van der Waals surface area (Å²) < 4.78 is 29.3. The molecule has 1 amide bonds. The van der Waals surface area contributed by atoms with Gasteiger partial charge in [0.2, 0.25) is 5.91 Å². The molecule has 25 heavy (non-hydrogen) atoms. The molecule has 2 rings (SSSR count). The van der Waals surface area contributed by atoms with Crippen LogP contribution in [0.4, 0.5) is 0 Å². The second kappa shape index (κ2) is 8.77. The summed E-state index contributed by atoms with van der Waals surface area (Å²) in [6.07, 6.45) is 7.72. The first kappa shape index (κ1) is 19.9. The standard InChI is InChI=1S/C16H29N5O3S/c1-14-17-10-13-20(14)12-8-16(22)21-11-5-4-6-15(21)7-9-18-25(23,24)19(2)3/h10,13,15,18H,4-9,11-12H2,1-3H3/t15-/m0/s1. The number of likely N-dealkylation sites (tertiary alicyclic amines) is 1. The van der Waals surface area contributed by atoms with E-state index in [0.717, 1.165) is 35.9 Å². The fourth-order valence-electron chi connectivity index (χ4n) is 3.11. The van der Waals surface area contributed by atoms with Gasteiger partial charge in [0.25, 0.3) is 10.2 Å². The van der Waals surface area contributed by atoms with Crippen molar-refractivity contribution in [3.63, 3.8) is 0 Å². The number of hydrogen-bond acceptors (Lipinski definition) is 4. The number of aryl methyl sites for hydroxylation is 2. The molecule has 1 aliphatic rings. The van der Waals surface area contributed by atoms with Crippen LogP contribution in [-0.4, -0.2) is 66.3 Å². The molecule has 0 bridgehead atoms. The minimum absolute atomic E-state index is 0.106. The normalized spacial score (nSPS) is 18.7. The van der Waals surface area contributed by atoms with Crippen molar-refractivity contribution in [2.24, 2.45) is 0 Å². The summed E-state index contributed by atoms with van der Waals surface area (Å²) in [5, 5.41) is 0. The van der Waals surface area contributed by atoms with Gasteiger partial charge in [-0.1, -0.05) is 0 Å². The Morgan fingerprint density at radius 2 is 2.16 bits per heavy atom. The molecule has 9 heteroatoms. The molecule has 0 saturated carbocycles. The van der Waals surface area contributed by atoms with Gasteiger partial charge in [-0.2, -0.15) is 12.7 Å². The van der Waals surface area contributed by atoms with E-state index in [1.807, 2.05) is 22.6 Å². The van der Waals surface area contributed by atoms with E-state index in [0.29, 0.717) is 25.9 Å². The van der Waals surface area contributed by atoms with E-state index in [9.17, 15) is 13.2 Å². The highest BCUT2D eigenvalue weighted by Gasteiger charge is 2.26. The lowest BCUT2D eigenvalue weighted by molar-refractivity contribution is -0.135. The molecular weight excluding hydrogens is 342 g/mol. The van der Waals surface area contributed by atoms with Gasteiger partial charge in [0.15, 0.2) is 0 Å². The summed E-state index contributed by atoms with van der Waals surface area (Å²) in [5.41, 5.74) is 0. The Labute approximate surface area is 150 Å². The molecular formula is C16H29N5O3S. The minimum atomic E-state index is -3.41. The number of carbonyl (C=O) groups excluding carboxylic acids is 1. The Hall–Kier alpha value is -1.45. The van der Waals surface area contributed by atoms with Crippen LogP contribution >= 0.6 is 0 Å². The zero-order chi connectivity index (χ0) is 18.4. The Kier molecular flexibility index (Phi) is 6.97. The summed E-state index contributed by atoms with van der Waals surface area (Å²) in [7, 11) is -0.418. The second-order valence-corrected chi connectivity index (χ2v) is 8.59. The maximum Gasteiger partial charge on any atom is 0.278 e. The molecule has 1 aromatic heterocycles. The molecule has 142 valence electrons. The molecule has 1 N–H and O–H groups in total. The first-order chi connectivity index (χ1) is 11.8. The van der Waals surface area contributed by atoms with Crippen molar-refractivity contribution in [2.45, 2.75) is 51.6 Å². The molecule has 1 aromatic rings. The summed E-state index contributed by atoms with van der Waals surface area (Å²) in [4.78, 5) is 18.7. The Balaban J connectivity index is 1.86. The van der Waals surface area contributed by atoms with E-state index in [4.69, 9.17) is 0 Å². The van der Waals surface area contributed by atoms with Crippen LogP contribution in [0.1, 0.15) is 37.9 Å². The van der Waals surface area contributed by atoms with Gasteiger partial charge < -0.3 is 9.47 Å². The molecule has 8 nitrogen and oxygen atoms in total. The van der Waals surface area contributed by atoms with Gasteiger partial charge in [0.05, 0.1) is 0 Å². The quantitative estimate of drug-likeness (QED) is 0.730. The van der Waals surface area contributed by atoms with E-state index < -0.39 is 10.2 Å². The predicted molar refractivity (Wildman–Crippen MR) is 96.2 cm³/mol. The maximum absolute atomic E-state index is 12.6. The average Bonchev–Trinajstić information content (AvgIpc) is 2.98.